The second kappa shape index (κ2) is 14.0. The molecular weight excluding hydrogens is 537 g/mol. The smallest absolute Gasteiger partial charge is 0.262 e. The molecular formula is C26H40N7O6P. The van der Waals surface area contributed by atoms with Crippen LogP contribution in [0.5, 0.6) is 5.75 Å². The Labute approximate surface area is 234 Å². The third-order valence-corrected chi connectivity index (χ3v) is 8.18. The molecule has 0 bridgehead atoms. The van der Waals surface area contributed by atoms with Crippen LogP contribution in [0.2, 0.25) is 0 Å². The Morgan fingerprint density at radius 2 is 1.95 bits per heavy atom. The number of aliphatic hydroxyl groups is 1. The highest BCUT2D eigenvalue weighted by Gasteiger charge is 2.38. The molecule has 0 fully saturated rings. The number of nitrogens with two attached hydrogens (primary N) is 1. The maximum absolute atomic E-state index is 14.2. The molecule has 0 aliphatic carbocycles. The molecule has 0 radical (unpaired) electrons. The van der Waals surface area contributed by atoms with Gasteiger partial charge in [0.25, 0.3) is 13.4 Å². The summed E-state index contributed by atoms with van der Waals surface area (Å²) < 4.78 is 32.8. The van der Waals surface area contributed by atoms with E-state index in [1.54, 1.807) is 55.9 Å². The average molecular weight is 578 g/mol. The van der Waals surface area contributed by atoms with Gasteiger partial charge in [0.1, 0.15) is 23.9 Å². The number of nitrogen functional groups attached to an aromatic ring is 1. The number of imidazole rings is 1. The number of para-hydroxylation sites is 1. The summed E-state index contributed by atoms with van der Waals surface area (Å²) >= 11 is 0. The van der Waals surface area contributed by atoms with Crippen molar-refractivity contribution in [3.63, 3.8) is 0 Å². The highest BCUT2D eigenvalue weighted by atomic mass is 31.2. The third kappa shape index (κ3) is 8.21. The standard InChI is InChI=1S/C26H40N7O6P/c1-6-7-10-13-38-25(35)26(3,4)32-40(36,31-24(34)19-11-8-9-12-20(19)37-5)17-39-18(2)14-33-16-30-21-22(27)28-15-29-23(21)33/h8-9,11-12,15-16,18,25,35H,6-7,10,13-14,17H2,1-5H3,(H2,27,28,29)(H2,31,32,34,36)/t18-,25?,40?/m1/s1. The van der Waals surface area contributed by atoms with E-state index in [0.29, 0.717) is 30.1 Å². The van der Waals surface area contributed by atoms with Crippen molar-refractivity contribution in [1.82, 2.24) is 29.7 Å². The number of aromatic nitrogens is 4. The number of anilines is 1. The zero-order valence-corrected chi connectivity index (χ0v) is 24.6. The highest BCUT2D eigenvalue weighted by Crippen LogP contribution is 2.41. The Morgan fingerprint density at radius 3 is 2.67 bits per heavy atom. The van der Waals surface area contributed by atoms with Crippen molar-refractivity contribution in [2.75, 3.05) is 25.8 Å². The maximum Gasteiger partial charge on any atom is 0.262 e. The molecule has 14 heteroatoms. The molecule has 5 N–H and O–H groups in total. The summed E-state index contributed by atoms with van der Waals surface area (Å²) in [6.07, 6.45) is 3.56. The van der Waals surface area contributed by atoms with Crippen molar-refractivity contribution in [3.8, 4) is 5.75 Å². The molecule has 3 aromatic rings. The van der Waals surface area contributed by atoms with E-state index in [1.165, 1.54) is 13.4 Å². The zero-order valence-electron chi connectivity index (χ0n) is 23.7. The van der Waals surface area contributed by atoms with Crippen molar-refractivity contribution in [3.05, 3.63) is 42.5 Å². The number of amides is 1. The first kappa shape index (κ1) is 31.4. The number of hydrogen-bond acceptors (Lipinski definition) is 10. The number of carbonyl (C=O) groups excluding carboxylic acids is 1. The van der Waals surface area contributed by atoms with Crippen LogP contribution in [0.3, 0.4) is 0 Å². The van der Waals surface area contributed by atoms with Crippen molar-refractivity contribution in [1.29, 1.82) is 0 Å². The number of ether oxygens (including phenoxy) is 3. The molecule has 2 unspecified atom stereocenters. The summed E-state index contributed by atoms with van der Waals surface area (Å²) in [5, 5.41) is 16.3. The first-order chi connectivity index (χ1) is 19.0. The van der Waals surface area contributed by atoms with Gasteiger partial charge in [0.05, 0.1) is 37.2 Å². The van der Waals surface area contributed by atoms with Crippen molar-refractivity contribution in [2.45, 2.75) is 71.4 Å². The molecule has 0 aliphatic heterocycles. The summed E-state index contributed by atoms with van der Waals surface area (Å²) in [4.78, 5) is 25.7. The van der Waals surface area contributed by atoms with Gasteiger partial charge in [-0.1, -0.05) is 31.9 Å². The van der Waals surface area contributed by atoms with Gasteiger partial charge in [0.2, 0.25) is 0 Å². The van der Waals surface area contributed by atoms with Crippen molar-refractivity contribution < 1.29 is 28.7 Å². The molecule has 0 spiro atoms. The summed E-state index contributed by atoms with van der Waals surface area (Å²) in [5.74, 6) is -0.0260. The van der Waals surface area contributed by atoms with Crippen LogP contribution < -0.4 is 20.6 Å². The fraction of sp³-hybridized carbons (Fsp3) is 0.538. The largest absolute Gasteiger partial charge is 0.496 e. The van der Waals surface area contributed by atoms with Crippen LogP contribution in [0.1, 0.15) is 57.3 Å². The van der Waals surface area contributed by atoms with Crippen LogP contribution in [-0.4, -0.2) is 68.5 Å². The van der Waals surface area contributed by atoms with Gasteiger partial charge in [-0.3, -0.25) is 14.4 Å². The van der Waals surface area contributed by atoms with Crippen LogP contribution in [0.15, 0.2) is 36.9 Å². The molecule has 1 amide bonds. The van der Waals surface area contributed by atoms with E-state index in [9.17, 15) is 14.5 Å². The Kier molecular flexibility index (Phi) is 11.0. The monoisotopic (exact) mass is 577 g/mol. The first-order valence-electron chi connectivity index (χ1n) is 13.2. The van der Waals surface area contributed by atoms with E-state index < -0.39 is 31.3 Å². The van der Waals surface area contributed by atoms with Gasteiger partial charge >= 0.3 is 0 Å². The summed E-state index contributed by atoms with van der Waals surface area (Å²) in [6, 6.07) is 6.61. The van der Waals surface area contributed by atoms with E-state index >= 15 is 0 Å². The lowest BCUT2D eigenvalue weighted by atomic mass is 10.1. The molecule has 1 aromatic carbocycles. The number of aliphatic hydroxyl groups excluding tert-OH is 1. The summed E-state index contributed by atoms with van der Waals surface area (Å²) in [5.41, 5.74) is 5.90. The van der Waals surface area contributed by atoms with Crippen LogP contribution in [0.4, 0.5) is 5.82 Å². The number of methoxy groups -OCH3 is 1. The predicted molar refractivity (Wildman–Crippen MR) is 152 cm³/mol. The van der Waals surface area contributed by atoms with E-state index in [2.05, 4.69) is 32.1 Å². The average Bonchev–Trinajstić information content (AvgIpc) is 3.33. The minimum Gasteiger partial charge on any atom is -0.496 e. The van der Waals surface area contributed by atoms with Gasteiger partial charge in [-0.25, -0.2) is 20.0 Å². The van der Waals surface area contributed by atoms with Crippen molar-refractivity contribution >= 4 is 30.3 Å². The van der Waals surface area contributed by atoms with Gasteiger partial charge in [0, 0.05) is 6.61 Å². The topological polar surface area (TPSA) is 176 Å². The SMILES string of the molecule is CCCCCOC(O)C(C)(C)NP(=O)(CO[C@H](C)Cn1cnc2c(N)ncnc21)NC(=O)c1ccccc1OC. The van der Waals surface area contributed by atoms with E-state index in [-0.39, 0.29) is 17.7 Å². The van der Waals surface area contributed by atoms with E-state index in [4.69, 9.17) is 19.9 Å². The first-order valence-corrected chi connectivity index (χ1v) is 15.1. The molecule has 2 aromatic heterocycles. The number of rotatable bonds is 16. The van der Waals surface area contributed by atoms with Crippen molar-refractivity contribution in [2.24, 2.45) is 0 Å². The van der Waals surface area contributed by atoms with Crippen LogP contribution in [0, 0.1) is 0 Å². The Balaban J connectivity index is 1.77. The fourth-order valence-corrected chi connectivity index (χ4v) is 6.16. The number of unbranched alkanes of at least 4 members (excludes halogenated alkanes) is 2. The lowest BCUT2D eigenvalue weighted by Crippen LogP contribution is -2.51. The van der Waals surface area contributed by atoms with E-state index in [0.717, 1.165) is 19.3 Å². The quantitative estimate of drug-likeness (QED) is 0.112. The minimum atomic E-state index is -3.83. The molecule has 220 valence electrons. The minimum absolute atomic E-state index is 0.205. The highest BCUT2D eigenvalue weighted by molar-refractivity contribution is 7.60. The Bertz CT molecular complexity index is 1320. The second-order valence-corrected chi connectivity index (χ2v) is 12.3. The molecule has 2 heterocycles. The molecule has 0 aliphatic rings. The van der Waals surface area contributed by atoms with Crippen LogP contribution in [0.25, 0.3) is 11.2 Å². The molecule has 0 saturated heterocycles. The third-order valence-electron chi connectivity index (χ3n) is 6.17. The summed E-state index contributed by atoms with van der Waals surface area (Å²) in [7, 11) is -2.38. The van der Waals surface area contributed by atoms with E-state index in [1.807, 2.05) is 0 Å². The lowest BCUT2D eigenvalue weighted by molar-refractivity contribution is -0.140. The number of nitrogens with one attached hydrogen (secondary N) is 2. The Morgan fingerprint density at radius 1 is 1.20 bits per heavy atom. The van der Waals surface area contributed by atoms with Gasteiger partial charge in [0.15, 0.2) is 17.8 Å². The molecule has 3 atom stereocenters. The second-order valence-electron chi connectivity index (χ2n) is 10.1. The van der Waals surface area contributed by atoms with Gasteiger partial charge in [-0.15, -0.1) is 0 Å². The Hall–Kier alpha value is -3.09. The number of carbonyl (C=O) groups is 1. The predicted octanol–water partition coefficient (Wildman–Crippen LogP) is 3.30. The van der Waals surface area contributed by atoms with Gasteiger partial charge in [-0.05, 0) is 39.3 Å². The fourth-order valence-electron chi connectivity index (χ4n) is 4.02. The summed E-state index contributed by atoms with van der Waals surface area (Å²) in [6.45, 7) is 7.81. The normalized spacial score (nSPS) is 14.9. The van der Waals surface area contributed by atoms with Gasteiger partial charge in [-0.2, -0.15) is 0 Å². The number of benzene rings is 1. The molecule has 40 heavy (non-hydrogen) atoms. The van der Waals surface area contributed by atoms with Crippen LogP contribution >= 0.6 is 7.44 Å². The molecule has 0 saturated carbocycles. The van der Waals surface area contributed by atoms with Crippen LogP contribution in [-0.2, 0) is 20.6 Å². The zero-order chi connectivity index (χ0) is 29.3. The molecule has 3 rings (SSSR count). The number of nitrogens with zero attached hydrogens (tertiary/aromatic N) is 4. The van der Waals surface area contributed by atoms with Gasteiger partial charge < -0.3 is 29.6 Å². The number of fused-ring (bicyclic) bond motifs is 1. The lowest BCUT2D eigenvalue weighted by Gasteiger charge is -2.35. The maximum atomic E-state index is 14.2. The molecule has 13 nitrogen and oxygen atoms in total. The number of hydrogen-bond donors (Lipinski definition) is 4.